The van der Waals surface area contributed by atoms with E-state index in [1.54, 1.807) is 0 Å². The maximum atomic E-state index is 13.1. The van der Waals surface area contributed by atoms with Gasteiger partial charge in [-0.2, -0.15) is 0 Å². The van der Waals surface area contributed by atoms with Gasteiger partial charge in [-0.05, 0) is 49.7 Å². The molecule has 2 bridgehead atoms. The number of nitrogens with zero attached hydrogens (tertiary/aromatic N) is 4. The lowest BCUT2D eigenvalue weighted by Gasteiger charge is -2.23. The third-order valence-electron chi connectivity index (χ3n) is 7.39. The summed E-state index contributed by atoms with van der Waals surface area (Å²) in [6.45, 7) is -0.204. The van der Waals surface area contributed by atoms with Gasteiger partial charge in [-0.15, -0.1) is 5.10 Å². The molecule has 0 aromatic carbocycles. The third-order valence-corrected chi connectivity index (χ3v) is 7.39. The Kier molecular flexibility index (Phi) is 8.52. The number of Topliss-reactive ketones (excluding diaryl/α,β-unsaturated/α-hetero) is 1. The zero-order chi connectivity index (χ0) is 28.1. The smallest absolute Gasteiger partial charge is 0.287 e. The van der Waals surface area contributed by atoms with Gasteiger partial charge < -0.3 is 25.8 Å². The van der Waals surface area contributed by atoms with E-state index >= 15 is 0 Å². The van der Waals surface area contributed by atoms with Crippen molar-refractivity contribution >= 4 is 35.1 Å². The summed E-state index contributed by atoms with van der Waals surface area (Å²) in [5.74, 6) is -2.18. The molecule has 0 spiro atoms. The molecule has 4 rings (SSSR count). The minimum absolute atomic E-state index is 0.0639. The highest BCUT2D eigenvalue weighted by Crippen LogP contribution is 2.44. The number of ketones is 1. The first-order valence-electron chi connectivity index (χ1n) is 12.9. The zero-order valence-electron chi connectivity index (χ0n) is 21.8. The SMILES string of the molecule is CNC(=O)C(=O)CC[C@H](NC(=O)c1cnnn1C)C(=O)Nc1cccn(CC(=O)N[C@@H]2C[C@@H]3CC[C@H]2C3)c1=O. The molecule has 2 aliphatic carbocycles. The van der Waals surface area contributed by atoms with Crippen LogP contribution >= 0.6 is 0 Å². The van der Waals surface area contributed by atoms with Crippen LogP contribution in [0.15, 0.2) is 29.3 Å². The molecular formula is C25H32N8O6. The molecule has 0 radical (unpaired) electrons. The average molecular weight is 541 g/mol. The third kappa shape index (κ3) is 6.56. The van der Waals surface area contributed by atoms with E-state index in [0.29, 0.717) is 11.8 Å². The molecule has 2 aromatic heterocycles. The van der Waals surface area contributed by atoms with Crippen molar-refractivity contribution in [1.29, 1.82) is 0 Å². The van der Waals surface area contributed by atoms with Crippen LogP contribution < -0.4 is 26.8 Å². The van der Waals surface area contributed by atoms with Crippen LogP contribution in [0.2, 0.25) is 0 Å². The Morgan fingerprint density at radius 2 is 1.95 bits per heavy atom. The number of hydrogen-bond donors (Lipinski definition) is 4. The number of rotatable bonds is 11. The Bertz CT molecular complexity index is 1330. The first-order chi connectivity index (χ1) is 18.7. The van der Waals surface area contributed by atoms with Crippen LogP contribution in [0.5, 0.6) is 0 Å². The number of hydrogen-bond acceptors (Lipinski definition) is 8. The number of anilines is 1. The number of amides is 4. The molecule has 39 heavy (non-hydrogen) atoms. The van der Waals surface area contributed by atoms with Gasteiger partial charge in [-0.3, -0.25) is 28.8 Å². The maximum absolute atomic E-state index is 13.1. The molecule has 2 saturated carbocycles. The van der Waals surface area contributed by atoms with E-state index in [-0.39, 0.29) is 42.7 Å². The van der Waals surface area contributed by atoms with Gasteiger partial charge in [0.2, 0.25) is 17.6 Å². The van der Waals surface area contributed by atoms with Gasteiger partial charge in [0, 0.05) is 32.8 Å². The highest BCUT2D eigenvalue weighted by molar-refractivity contribution is 6.36. The molecule has 4 atom stereocenters. The Balaban J connectivity index is 1.43. The minimum atomic E-state index is -1.27. The van der Waals surface area contributed by atoms with Gasteiger partial charge in [-0.25, -0.2) is 4.68 Å². The molecule has 2 aromatic rings. The molecule has 0 saturated heterocycles. The van der Waals surface area contributed by atoms with Gasteiger partial charge in [0.25, 0.3) is 17.4 Å². The predicted octanol–water partition coefficient (Wildman–Crippen LogP) is -0.886. The van der Waals surface area contributed by atoms with E-state index in [4.69, 9.17) is 0 Å². The minimum Gasteiger partial charge on any atom is -0.353 e. The van der Waals surface area contributed by atoms with E-state index in [9.17, 15) is 28.8 Å². The van der Waals surface area contributed by atoms with Gasteiger partial charge >= 0.3 is 0 Å². The van der Waals surface area contributed by atoms with Crippen molar-refractivity contribution in [3.63, 3.8) is 0 Å². The normalized spacial score (nSPS) is 20.2. The summed E-state index contributed by atoms with van der Waals surface area (Å²) in [4.78, 5) is 75.1. The van der Waals surface area contributed by atoms with Crippen molar-refractivity contribution in [3.8, 4) is 0 Å². The monoisotopic (exact) mass is 540 g/mol. The highest BCUT2D eigenvalue weighted by atomic mass is 16.2. The van der Waals surface area contributed by atoms with Crippen molar-refractivity contribution < 1.29 is 24.0 Å². The molecule has 4 N–H and O–H groups in total. The number of fused-ring (bicyclic) bond motifs is 2. The lowest BCUT2D eigenvalue weighted by atomic mass is 9.95. The van der Waals surface area contributed by atoms with Crippen molar-refractivity contribution in [2.75, 3.05) is 12.4 Å². The molecule has 0 aliphatic heterocycles. The quantitative estimate of drug-likeness (QED) is 0.264. The lowest BCUT2D eigenvalue weighted by molar-refractivity contribution is -0.137. The first-order valence-corrected chi connectivity index (χ1v) is 12.9. The summed E-state index contributed by atoms with van der Waals surface area (Å²) in [5, 5.41) is 17.5. The van der Waals surface area contributed by atoms with Gasteiger partial charge in [-0.1, -0.05) is 11.6 Å². The standard InChI is InChI=1S/C25H32N8O6/c1-26-24(38)20(34)8-7-16(29-23(37)19-12-27-31-32(19)2)22(36)30-17-4-3-9-33(25(17)39)13-21(35)28-18-11-14-5-6-15(18)10-14/h3-4,9,12,14-16,18H,5-8,10-11,13H2,1-2H3,(H,26,38)(H,28,35)(H,29,37)(H,30,36)/t14-,15+,16+,18-/m1/s1. The Morgan fingerprint density at radius 3 is 2.59 bits per heavy atom. The molecular weight excluding hydrogens is 508 g/mol. The number of likely N-dealkylation sites (N-methyl/N-ethyl adjacent to an activating group) is 1. The van der Waals surface area contributed by atoms with Crippen LogP contribution in [0, 0.1) is 11.8 Å². The number of aryl methyl sites for hydroxylation is 1. The zero-order valence-corrected chi connectivity index (χ0v) is 21.8. The number of carbonyl (C=O) groups is 5. The van der Waals surface area contributed by atoms with Gasteiger partial charge in [0.1, 0.15) is 24.0 Å². The number of carbonyl (C=O) groups excluding carboxylic acids is 5. The van der Waals surface area contributed by atoms with Crippen LogP contribution in [0.25, 0.3) is 0 Å². The summed E-state index contributed by atoms with van der Waals surface area (Å²) in [7, 11) is 2.80. The number of nitrogens with one attached hydrogen (secondary N) is 4. The van der Waals surface area contributed by atoms with Crippen molar-refractivity contribution in [2.24, 2.45) is 18.9 Å². The van der Waals surface area contributed by atoms with Crippen molar-refractivity contribution in [2.45, 2.75) is 57.2 Å². The molecule has 14 nitrogen and oxygen atoms in total. The summed E-state index contributed by atoms with van der Waals surface area (Å²) in [5.41, 5.74) is -0.639. The van der Waals surface area contributed by atoms with E-state index in [0.717, 1.165) is 19.3 Å². The summed E-state index contributed by atoms with van der Waals surface area (Å²) < 4.78 is 2.40. The second kappa shape index (κ2) is 12.0. The fraction of sp³-hybridized carbons (Fsp3) is 0.520. The molecule has 2 heterocycles. The average Bonchev–Trinajstić information content (AvgIpc) is 3.65. The number of pyridine rings is 1. The fourth-order valence-electron chi connectivity index (χ4n) is 5.33. The summed E-state index contributed by atoms with van der Waals surface area (Å²) >= 11 is 0. The molecule has 2 aliphatic rings. The summed E-state index contributed by atoms with van der Waals surface area (Å²) in [6, 6.07) is 1.76. The maximum Gasteiger partial charge on any atom is 0.287 e. The van der Waals surface area contributed by atoms with Crippen molar-refractivity contribution in [1.82, 2.24) is 35.5 Å². The van der Waals surface area contributed by atoms with Gasteiger partial charge in [0.15, 0.2) is 0 Å². The first kappa shape index (κ1) is 27.7. The van der Waals surface area contributed by atoms with Crippen LogP contribution in [0.3, 0.4) is 0 Å². The fourth-order valence-corrected chi connectivity index (χ4v) is 5.33. The second-order valence-electron chi connectivity index (χ2n) is 10.0. The van der Waals surface area contributed by atoms with Crippen LogP contribution in [0.4, 0.5) is 5.69 Å². The van der Waals surface area contributed by atoms with E-state index in [2.05, 4.69) is 31.6 Å². The predicted molar refractivity (Wildman–Crippen MR) is 137 cm³/mol. The molecule has 14 heteroatoms. The largest absolute Gasteiger partial charge is 0.353 e. The van der Waals surface area contributed by atoms with E-state index in [1.165, 1.54) is 54.3 Å². The summed E-state index contributed by atoms with van der Waals surface area (Å²) in [6.07, 6.45) is 6.54. The lowest BCUT2D eigenvalue weighted by Crippen LogP contribution is -2.46. The molecule has 2 fully saturated rings. The molecule has 0 unspecified atom stereocenters. The molecule has 208 valence electrons. The van der Waals surface area contributed by atoms with E-state index < -0.39 is 35.1 Å². The topological polar surface area (TPSA) is 186 Å². The van der Waals surface area contributed by atoms with Gasteiger partial charge in [0.05, 0.1) is 6.20 Å². The Hall–Kier alpha value is -4.36. The van der Waals surface area contributed by atoms with Crippen LogP contribution in [0.1, 0.15) is 49.0 Å². The molecule has 4 amide bonds. The van der Waals surface area contributed by atoms with E-state index in [1.807, 2.05) is 0 Å². The Labute approximate surface area is 223 Å². The second-order valence-corrected chi connectivity index (χ2v) is 10.0. The van der Waals surface area contributed by atoms with Crippen molar-refractivity contribution in [3.05, 3.63) is 40.6 Å². The highest BCUT2D eigenvalue weighted by Gasteiger charge is 2.40. The Morgan fingerprint density at radius 1 is 1.15 bits per heavy atom. The number of aromatic nitrogens is 4. The van der Waals surface area contributed by atoms with Crippen LogP contribution in [-0.4, -0.2) is 68.1 Å². The van der Waals surface area contributed by atoms with Crippen LogP contribution in [-0.2, 0) is 32.8 Å².